The Hall–Kier alpha value is -0.660. The molecule has 0 aromatic rings. The number of carbonyl (C=O) groups is 1. The standard InChI is InChI=1S/C12H21NO/c1-8(2)10-5-6-11(9(3)13-4)12(14)7-10/h8,10-11H,5-7H2,1-4H3. The van der Waals surface area contributed by atoms with Crippen molar-refractivity contribution in [3.05, 3.63) is 0 Å². The molecule has 80 valence electrons. The Kier molecular flexibility index (Phi) is 3.85. The molecule has 2 heteroatoms. The highest BCUT2D eigenvalue weighted by Crippen LogP contribution is 2.31. The molecule has 1 aliphatic rings. The van der Waals surface area contributed by atoms with Gasteiger partial charge >= 0.3 is 0 Å². The van der Waals surface area contributed by atoms with Crippen LogP contribution < -0.4 is 0 Å². The number of carbonyl (C=O) groups excluding carboxylic acids is 1. The second kappa shape index (κ2) is 4.72. The summed E-state index contributed by atoms with van der Waals surface area (Å²) in [5, 5.41) is 0. The van der Waals surface area contributed by atoms with Crippen LogP contribution in [0.4, 0.5) is 0 Å². The van der Waals surface area contributed by atoms with E-state index in [2.05, 4.69) is 18.8 Å². The van der Waals surface area contributed by atoms with Crippen molar-refractivity contribution >= 4 is 11.5 Å². The lowest BCUT2D eigenvalue weighted by Gasteiger charge is -2.29. The molecular weight excluding hydrogens is 174 g/mol. The number of hydrogen-bond acceptors (Lipinski definition) is 2. The largest absolute Gasteiger partial charge is 0.299 e. The number of ketones is 1. The van der Waals surface area contributed by atoms with Crippen molar-refractivity contribution in [2.75, 3.05) is 7.05 Å². The molecule has 0 N–H and O–H groups in total. The fourth-order valence-electron chi connectivity index (χ4n) is 2.21. The third-order valence-electron chi connectivity index (χ3n) is 3.48. The lowest BCUT2D eigenvalue weighted by molar-refractivity contribution is -0.124. The first-order chi connectivity index (χ1) is 6.56. The van der Waals surface area contributed by atoms with Crippen molar-refractivity contribution in [2.24, 2.45) is 22.7 Å². The number of rotatable bonds is 2. The van der Waals surface area contributed by atoms with Gasteiger partial charge in [-0.25, -0.2) is 0 Å². The fraction of sp³-hybridized carbons (Fsp3) is 0.833. The Morgan fingerprint density at radius 2 is 2.07 bits per heavy atom. The number of hydrogen-bond donors (Lipinski definition) is 0. The van der Waals surface area contributed by atoms with Gasteiger partial charge < -0.3 is 0 Å². The molecule has 1 aliphatic carbocycles. The van der Waals surface area contributed by atoms with Crippen molar-refractivity contribution in [3.63, 3.8) is 0 Å². The lowest BCUT2D eigenvalue weighted by Crippen LogP contribution is -2.31. The van der Waals surface area contributed by atoms with E-state index < -0.39 is 0 Å². The molecule has 0 aliphatic heterocycles. The maximum atomic E-state index is 11.8. The molecule has 0 saturated heterocycles. The smallest absolute Gasteiger partial charge is 0.141 e. The Morgan fingerprint density at radius 1 is 1.43 bits per heavy atom. The van der Waals surface area contributed by atoms with Crippen LogP contribution in [0.5, 0.6) is 0 Å². The van der Waals surface area contributed by atoms with Gasteiger partial charge in [0.25, 0.3) is 0 Å². The van der Waals surface area contributed by atoms with E-state index in [0.717, 1.165) is 18.6 Å². The van der Waals surface area contributed by atoms with Gasteiger partial charge in [-0.3, -0.25) is 9.79 Å². The molecule has 0 amide bonds. The highest BCUT2D eigenvalue weighted by atomic mass is 16.1. The summed E-state index contributed by atoms with van der Waals surface area (Å²) in [5.74, 6) is 1.76. The summed E-state index contributed by atoms with van der Waals surface area (Å²) in [6.45, 7) is 6.39. The predicted octanol–water partition coefficient (Wildman–Crippen LogP) is 2.72. The molecule has 0 radical (unpaired) electrons. The normalized spacial score (nSPS) is 29.8. The van der Waals surface area contributed by atoms with Gasteiger partial charge in [-0.05, 0) is 31.6 Å². The molecule has 2 nitrogen and oxygen atoms in total. The van der Waals surface area contributed by atoms with Crippen molar-refractivity contribution < 1.29 is 4.79 Å². The van der Waals surface area contributed by atoms with Gasteiger partial charge in [0.2, 0.25) is 0 Å². The van der Waals surface area contributed by atoms with Crippen molar-refractivity contribution in [2.45, 2.75) is 40.0 Å². The van der Waals surface area contributed by atoms with E-state index in [0.29, 0.717) is 17.6 Å². The molecule has 2 unspecified atom stereocenters. The summed E-state index contributed by atoms with van der Waals surface area (Å²) >= 11 is 0. The quantitative estimate of drug-likeness (QED) is 0.623. The van der Waals surface area contributed by atoms with Crippen LogP contribution in [0, 0.1) is 17.8 Å². The maximum absolute atomic E-state index is 11.8. The van der Waals surface area contributed by atoms with E-state index >= 15 is 0 Å². The first-order valence-corrected chi connectivity index (χ1v) is 5.52. The number of nitrogens with zero attached hydrogens (tertiary/aromatic N) is 1. The third kappa shape index (κ3) is 2.43. The van der Waals surface area contributed by atoms with Crippen LogP contribution in [0.15, 0.2) is 4.99 Å². The molecule has 0 aromatic carbocycles. The Morgan fingerprint density at radius 3 is 2.50 bits per heavy atom. The average Bonchev–Trinajstić information content (AvgIpc) is 2.16. The SMILES string of the molecule is CN=C(C)C1CCC(C(C)C)CC1=O. The van der Waals surface area contributed by atoms with Crippen LogP contribution in [-0.4, -0.2) is 18.5 Å². The van der Waals surface area contributed by atoms with E-state index in [1.165, 1.54) is 6.42 Å². The topological polar surface area (TPSA) is 29.4 Å². The Labute approximate surface area is 86.8 Å². The fourth-order valence-corrected chi connectivity index (χ4v) is 2.21. The molecule has 1 rings (SSSR count). The Balaban J connectivity index is 2.61. The highest BCUT2D eigenvalue weighted by Gasteiger charge is 2.31. The van der Waals surface area contributed by atoms with Crippen LogP contribution in [0.3, 0.4) is 0 Å². The second-order valence-electron chi connectivity index (χ2n) is 4.67. The third-order valence-corrected chi connectivity index (χ3v) is 3.48. The minimum Gasteiger partial charge on any atom is -0.299 e. The van der Waals surface area contributed by atoms with E-state index in [-0.39, 0.29) is 5.92 Å². The van der Waals surface area contributed by atoms with Gasteiger partial charge in [0.05, 0.1) is 5.92 Å². The van der Waals surface area contributed by atoms with Crippen molar-refractivity contribution in [3.8, 4) is 0 Å². The summed E-state index contributed by atoms with van der Waals surface area (Å²) in [5.41, 5.74) is 1.01. The molecular formula is C12H21NO. The average molecular weight is 195 g/mol. The van der Waals surface area contributed by atoms with Crippen LogP contribution >= 0.6 is 0 Å². The predicted molar refractivity (Wildman–Crippen MR) is 59.7 cm³/mol. The zero-order chi connectivity index (χ0) is 10.7. The van der Waals surface area contributed by atoms with Gasteiger partial charge in [-0.15, -0.1) is 0 Å². The summed E-state index contributed by atoms with van der Waals surface area (Å²) in [7, 11) is 1.77. The molecule has 0 aromatic heterocycles. The zero-order valence-electron chi connectivity index (χ0n) is 9.71. The highest BCUT2D eigenvalue weighted by molar-refractivity contribution is 6.04. The molecule has 1 fully saturated rings. The monoisotopic (exact) mass is 195 g/mol. The van der Waals surface area contributed by atoms with Crippen LogP contribution in [0.25, 0.3) is 0 Å². The molecule has 0 heterocycles. The Bertz CT molecular complexity index is 243. The number of Topliss-reactive ketones (excluding diaryl/α,β-unsaturated/α-hetero) is 1. The molecule has 0 spiro atoms. The van der Waals surface area contributed by atoms with E-state index in [9.17, 15) is 4.79 Å². The van der Waals surface area contributed by atoms with Gasteiger partial charge in [-0.2, -0.15) is 0 Å². The minimum absolute atomic E-state index is 0.120. The summed E-state index contributed by atoms with van der Waals surface area (Å²) in [6.07, 6.45) is 2.95. The number of aliphatic imine (C=N–C) groups is 1. The molecule has 1 saturated carbocycles. The van der Waals surface area contributed by atoms with Crippen LogP contribution in [-0.2, 0) is 4.79 Å². The van der Waals surface area contributed by atoms with Crippen LogP contribution in [0.2, 0.25) is 0 Å². The van der Waals surface area contributed by atoms with Gasteiger partial charge in [0.1, 0.15) is 5.78 Å². The zero-order valence-corrected chi connectivity index (χ0v) is 9.71. The minimum atomic E-state index is 0.120. The molecule has 0 bridgehead atoms. The van der Waals surface area contributed by atoms with Crippen LogP contribution in [0.1, 0.15) is 40.0 Å². The molecule has 2 atom stereocenters. The van der Waals surface area contributed by atoms with Crippen molar-refractivity contribution in [1.29, 1.82) is 0 Å². The van der Waals surface area contributed by atoms with Gasteiger partial charge in [0, 0.05) is 19.2 Å². The first-order valence-electron chi connectivity index (χ1n) is 5.52. The second-order valence-corrected chi connectivity index (χ2v) is 4.67. The van der Waals surface area contributed by atoms with E-state index in [1.807, 2.05) is 6.92 Å². The summed E-state index contributed by atoms with van der Waals surface area (Å²) < 4.78 is 0. The van der Waals surface area contributed by atoms with Gasteiger partial charge in [-0.1, -0.05) is 13.8 Å². The maximum Gasteiger partial charge on any atom is 0.141 e. The lowest BCUT2D eigenvalue weighted by atomic mass is 9.75. The summed E-state index contributed by atoms with van der Waals surface area (Å²) in [6, 6.07) is 0. The molecule has 14 heavy (non-hydrogen) atoms. The van der Waals surface area contributed by atoms with E-state index in [4.69, 9.17) is 0 Å². The first kappa shape index (κ1) is 11.4. The van der Waals surface area contributed by atoms with Crippen molar-refractivity contribution in [1.82, 2.24) is 0 Å². The van der Waals surface area contributed by atoms with Gasteiger partial charge in [0.15, 0.2) is 0 Å². The van der Waals surface area contributed by atoms with E-state index in [1.54, 1.807) is 7.05 Å². The summed E-state index contributed by atoms with van der Waals surface area (Å²) in [4.78, 5) is 16.0.